The van der Waals surface area contributed by atoms with Gasteiger partial charge >= 0.3 is 0 Å². The zero-order chi connectivity index (χ0) is 25.3. The maximum absolute atomic E-state index is 14.8. The number of ether oxygens (including phenoxy) is 1. The van der Waals surface area contributed by atoms with E-state index in [-0.39, 0.29) is 42.3 Å². The molecule has 2 aromatic heterocycles. The van der Waals surface area contributed by atoms with Crippen molar-refractivity contribution < 1.29 is 27.9 Å². The first-order chi connectivity index (χ1) is 16.7. The molecule has 3 aromatic rings. The van der Waals surface area contributed by atoms with Gasteiger partial charge < -0.3 is 14.2 Å². The molecule has 7 nitrogen and oxygen atoms in total. The highest BCUT2D eigenvalue weighted by Crippen LogP contribution is 2.28. The van der Waals surface area contributed by atoms with Crippen LogP contribution in [0.2, 0.25) is 5.02 Å². The topological polar surface area (TPSA) is 81.5 Å². The van der Waals surface area contributed by atoms with E-state index in [1.807, 2.05) is 0 Å². The van der Waals surface area contributed by atoms with Gasteiger partial charge in [0, 0.05) is 36.9 Å². The number of alkyl halides is 1. The first-order valence-corrected chi connectivity index (χ1v) is 11.5. The Kier molecular flexibility index (Phi) is 7.28. The molecular formula is C25H24ClF2N3O4. The minimum atomic E-state index is -1.56. The second-order valence-corrected chi connectivity index (χ2v) is 8.91. The molecule has 10 heteroatoms. The Labute approximate surface area is 205 Å². The smallest absolute Gasteiger partial charge is 0.243 e. The van der Waals surface area contributed by atoms with Crippen LogP contribution in [0.15, 0.2) is 42.9 Å². The standard InChI is InChI=1S/C25H24ClF2N3O4/c1-14(32)17-11-30(20-10-29-9-8-16(17)20)13-22(34)31-12-19(27)25(35-2)24(31)21(33)7-6-15-4-3-5-18(26)23(15)28/h3-5,8-11,19,24-25H,6-7,12-13H2,1-2H3/t19-,24+,25+/m0/s1. The number of aromatic nitrogens is 2. The van der Waals surface area contributed by atoms with Gasteiger partial charge in [0.2, 0.25) is 5.91 Å². The van der Waals surface area contributed by atoms with E-state index in [0.717, 1.165) is 0 Å². The van der Waals surface area contributed by atoms with Gasteiger partial charge in [-0.25, -0.2) is 8.78 Å². The lowest BCUT2D eigenvalue weighted by atomic mass is 9.99. The monoisotopic (exact) mass is 503 g/mol. The Morgan fingerprint density at radius 2 is 2.03 bits per heavy atom. The molecule has 0 bridgehead atoms. The van der Waals surface area contributed by atoms with Gasteiger partial charge in [0.25, 0.3) is 0 Å². The molecule has 3 heterocycles. The summed E-state index contributed by atoms with van der Waals surface area (Å²) in [5.74, 6) is -1.72. The highest BCUT2D eigenvalue weighted by atomic mass is 35.5. The van der Waals surface area contributed by atoms with Crippen molar-refractivity contribution in [2.24, 2.45) is 0 Å². The van der Waals surface area contributed by atoms with E-state index in [2.05, 4.69) is 4.98 Å². The van der Waals surface area contributed by atoms with E-state index in [0.29, 0.717) is 16.5 Å². The maximum atomic E-state index is 14.8. The molecule has 1 aliphatic heterocycles. The van der Waals surface area contributed by atoms with Crippen LogP contribution in [0.5, 0.6) is 0 Å². The fourth-order valence-corrected chi connectivity index (χ4v) is 4.80. The Morgan fingerprint density at radius 1 is 1.26 bits per heavy atom. The molecule has 0 aliphatic carbocycles. The van der Waals surface area contributed by atoms with Crippen molar-refractivity contribution in [1.29, 1.82) is 0 Å². The zero-order valence-electron chi connectivity index (χ0n) is 19.2. The number of ketones is 2. The van der Waals surface area contributed by atoms with E-state index >= 15 is 0 Å². The third-order valence-electron chi connectivity index (χ3n) is 6.34. The SMILES string of the molecule is CO[C@H]1[C@@H](C(=O)CCc2cccc(Cl)c2F)N(C(=O)Cn2cc(C(C)=O)c3ccncc32)C[C@@H]1F. The van der Waals surface area contributed by atoms with Crippen LogP contribution < -0.4 is 0 Å². The van der Waals surface area contributed by atoms with Crippen molar-refractivity contribution >= 4 is 40.0 Å². The molecule has 1 fully saturated rings. The quantitative estimate of drug-likeness (QED) is 0.437. The lowest BCUT2D eigenvalue weighted by Gasteiger charge is -2.26. The summed E-state index contributed by atoms with van der Waals surface area (Å²) >= 11 is 5.82. The van der Waals surface area contributed by atoms with Gasteiger partial charge in [-0.05, 0) is 31.0 Å². The summed E-state index contributed by atoms with van der Waals surface area (Å²) in [6.45, 7) is 0.901. The van der Waals surface area contributed by atoms with Crippen LogP contribution in [-0.2, 0) is 27.3 Å². The Hall–Kier alpha value is -3.17. The van der Waals surface area contributed by atoms with Crippen molar-refractivity contribution in [3.05, 3.63) is 64.8 Å². The molecular weight excluding hydrogens is 480 g/mol. The summed E-state index contributed by atoms with van der Waals surface area (Å²) in [5.41, 5.74) is 1.27. The molecule has 1 amide bonds. The first kappa shape index (κ1) is 24.9. The van der Waals surface area contributed by atoms with Gasteiger partial charge in [-0.2, -0.15) is 0 Å². The van der Waals surface area contributed by atoms with E-state index < -0.39 is 35.8 Å². The number of hydrogen-bond donors (Lipinski definition) is 0. The van der Waals surface area contributed by atoms with Crippen LogP contribution in [0, 0.1) is 5.82 Å². The number of benzene rings is 1. The van der Waals surface area contributed by atoms with Crippen LogP contribution in [-0.4, -0.2) is 63.9 Å². The second-order valence-electron chi connectivity index (χ2n) is 8.51. The number of nitrogens with zero attached hydrogens (tertiary/aromatic N) is 3. The fourth-order valence-electron chi connectivity index (χ4n) is 4.60. The number of carbonyl (C=O) groups excluding carboxylic acids is 3. The number of halogens is 3. The van der Waals surface area contributed by atoms with Gasteiger partial charge in [-0.15, -0.1) is 0 Å². The fraction of sp³-hybridized carbons (Fsp3) is 0.360. The summed E-state index contributed by atoms with van der Waals surface area (Å²) in [6, 6.07) is 5.04. The Morgan fingerprint density at radius 3 is 2.74 bits per heavy atom. The van der Waals surface area contributed by atoms with Crippen LogP contribution in [0.1, 0.15) is 29.3 Å². The molecule has 3 atom stereocenters. The van der Waals surface area contributed by atoms with E-state index in [1.54, 1.807) is 29.1 Å². The average Bonchev–Trinajstić information content (AvgIpc) is 3.37. The first-order valence-electron chi connectivity index (χ1n) is 11.1. The van der Waals surface area contributed by atoms with Crippen molar-refractivity contribution in [3.63, 3.8) is 0 Å². The number of methoxy groups -OCH3 is 1. The van der Waals surface area contributed by atoms with Gasteiger partial charge in [0.1, 0.15) is 30.7 Å². The molecule has 4 rings (SSSR count). The molecule has 0 unspecified atom stereocenters. The van der Waals surface area contributed by atoms with E-state index in [9.17, 15) is 23.2 Å². The van der Waals surface area contributed by atoms with Gasteiger partial charge in [-0.1, -0.05) is 23.7 Å². The predicted octanol–water partition coefficient (Wildman–Crippen LogP) is 3.80. The van der Waals surface area contributed by atoms with E-state index in [1.165, 1.54) is 37.3 Å². The number of aryl methyl sites for hydroxylation is 1. The molecule has 1 saturated heterocycles. The predicted molar refractivity (Wildman–Crippen MR) is 126 cm³/mol. The number of carbonyl (C=O) groups is 3. The molecule has 1 aliphatic rings. The Balaban J connectivity index is 1.56. The number of pyridine rings is 1. The number of amides is 1. The third-order valence-corrected chi connectivity index (χ3v) is 6.63. The summed E-state index contributed by atoms with van der Waals surface area (Å²) in [7, 11) is 1.28. The van der Waals surface area contributed by atoms with Crippen LogP contribution in [0.4, 0.5) is 8.78 Å². The molecule has 35 heavy (non-hydrogen) atoms. The van der Waals surface area contributed by atoms with Crippen molar-refractivity contribution in [2.75, 3.05) is 13.7 Å². The molecule has 184 valence electrons. The molecule has 0 spiro atoms. The van der Waals surface area contributed by atoms with Gasteiger partial charge in [0.05, 0.1) is 23.3 Å². The number of rotatable bonds is 8. The largest absolute Gasteiger partial charge is 0.376 e. The Bertz CT molecular complexity index is 1290. The van der Waals surface area contributed by atoms with Crippen LogP contribution in [0.25, 0.3) is 10.9 Å². The molecule has 0 radical (unpaired) electrons. The second kappa shape index (κ2) is 10.2. The lowest BCUT2D eigenvalue weighted by molar-refractivity contribution is -0.140. The summed E-state index contributed by atoms with van der Waals surface area (Å²) in [5, 5.41) is 0.598. The van der Waals surface area contributed by atoms with E-state index in [4.69, 9.17) is 16.3 Å². The molecule has 0 saturated carbocycles. The van der Waals surface area contributed by atoms with Crippen molar-refractivity contribution in [1.82, 2.24) is 14.5 Å². The normalized spacial score (nSPS) is 19.9. The molecule has 1 aromatic carbocycles. The minimum Gasteiger partial charge on any atom is -0.376 e. The molecule has 0 N–H and O–H groups in total. The number of Topliss-reactive ketones (excluding diaryl/α,β-unsaturated/α-hetero) is 2. The van der Waals surface area contributed by atoms with Gasteiger partial charge in [0.15, 0.2) is 11.6 Å². The number of fused-ring (bicyclic) bond motifs is 1. The minimum absolute atomic E-state index is 0.0486. The lowest BCUT2D eigenvalue weighted by Crippen LogP contribution is -2.47. The summed E-state index contributed by atoms with van der Waals surface area (Å²) < 4.78 is 35.8. The van der Waals surface area contributed by atoms with Crippen LogP contribution >= 0.6 is 11.6 Å². The number of likely N-dealkylation sites (tertiary alicyclic amines) is 1. The highest BCUT2D eigenvalue weighted by molar-refractivity contribution is 6.30. The number of hydrogen-bond acceptors (Lipinski definition) is 5. The van der Waals surface area contributed by atoms with Crippen molar-refractivity contribution in [2.45, 2.75) is 44.6 Å². The van der Waals surface area contributed by atoms with Crippen LogP contribution in [0.3, 0.4) is 0 Å². The zero-order valence-corrected chi connectivity index (χ0v) is 20.0. The van der Waals surface area contributed by atoms with Gasteiger partial charge in [-0.3, -0.25) is 19.4 Å². The summed E-state index contributed by atoms with van der Waals surface area (Å²) in [6.07, 6.45) is 1.88. The maximum Gasteiger partial charge on any atom is 0.243 e. The third kappa shape index (κ3) is 4.83. The highest BCUT2D eigenvalue weighted by Gasteiger charge is 2.48. The summed E-state index contributed by atoms with van der Waals surface area (Å²) in [4.78, 5) is 43.7. The van der Waals surface area contributed by atoms with Crippen molar-refractivity contribution in [3.8, 4) is 0 Å². The average molecular weight is 504 g/mol.